The lowest BCUT2D eigenvalue weighted by Crippen LogP contribution is -2.03. The highest BCUT2D eigenvalue weighted by Gasteiger charge is 2.08. The van der Waals surface area contributed by atoms with Crippen LogP contribution in [0.5, 0.6) is 0 Å². The van der Waals surface area contributed by atoms with E-state index in [-0.39, 0.29) is 0 Å². The van der Waals surface area contributed by atoms with E-state index in [0.717, 1.165) is 18.6 Å². The van der Waals surface area contributed by atoms with Gasteiger partial charge in [0.25, 0.3) is 0 Å². The van der Waals surface area contributed by atoms with Crippen LogP contribution in [-0.2, 0) is 13.1 Å². The number of thiophene rings is 1. The highest BCUT2D eigenvalue weighted by atomic mass is 32.1. The molecule has 3 aromatic rings. The molecule has 0 atom stereocenters. The maximum Gasteiger partial charge on any atom is 0.0961 e. The molecule has 0 spiro atoms. The number of hydrogen-bond donors (Lipinski definition) is 1. The van der Waals surface area contributed by atoms with Gasteiger partial charge in [0.15, 0.2) is 0 Å². The summed E-state index contributed by atoms with van der Waals surface area (Å²) in [6.45, 7) is 4.03. The third-order valence-corrected chi connectivity index (χ3v) is 4.38. The minimum absolute atomic E-state index is 0.895. The Morgan fingerprint density at radius 1 is 1.32 bits per heavy atom. The van der Waals surface area contributed by atoms with Gasteiger partial charge in [0.2, 0.25) is 0 Å². The first kappa shape index (κ1) is 12.4. The van der Waals surface area contributed by atoms with Crippen molar-refractivity contribution in [2.45, 2.75) is 20.0 Å². The van der Waals surface area contributed by atoms with E-state index < -0.39 is 0 Å². The number of nitrogens with zero attached hydrogens (tertiary/aromatic N) is 2. The number of para-hydroxylation sites is 2. The Morgan fingerprint density at radius 3 is 3.00 bits per heavy atom. The van der Waals surface area contributed by atoms with Gasteiger partial charge in [0.05, 0.1) is 23.9 Å². The second-order valence-electron chi connectivity index (χ2n) is 4.69. The fourth-order valence-corrected chi connectivity index (χ4v) is 3.39. The number of imidazole rings is 1. The van der Waals surface area contributed by atoms with E-state index in [1.54, 1.807) is 0 Å². The molecule has 3 nitrogen and oxygen atoms in total. The van der Waals surface area contributed by atoms with Crippen molar-refractivity contribution in [1.82, 2.24) is 14.9 Å². The molecule has 1 aromatic carbocycles. The standard InChI is InChI=1S/C15H17N3S/c1-11-12(7-13(19-11)8-16-2)9-18-10-17-14-5-3-4-6-15(14)18/h3-7,10,16H,8-9H2,1-2H3. The van der Waals surface area contributed by atoms with E-state index in [1.165, 1.54) is 20.8 Å². The molecule has 3 rings (SSSR count). The molecule has 0 aliphatic heterocycles. The Kier molecular flexibility index (Phi) is 3.36. The maximum absolute atomic E-state index is 4.44. The number of nitrogens with one attached hydrogen (secondary N) is 1. The van der Waals surface area contributed by atoms with Crippen LogP contribution in [0.3, 0.4) is 0 Å². The molecular weight excluding hydrogens is 254 g/mol. The Hall–Kier alpha value is -1.65. The molecule has 0 saturated heterocycles. The van der Waals surface area contributed by atoms with Gasteiger partial charge in [-0.05, 0) is 37.7 Å². The number of aromatic nitrogens is 2. The van der Waals surface area contributed by atoms with Gasteiger partial charge in [0.1, 0.15) is 0 Å². The van der Waals surface area contributed by atoms with Crippen LogP contribution in [0.15, 0.2) is 36.7 Å². The van der Waals surface area contributed by atoms with Crippen LogP contribution >= 0.6 is 11.3 Å². The van der Waals surface area contributed by atoms with Gasteiger partial charge in [0, 0.05) is 16.3 Å². The molecule has 2 heterocycles. The Morgan fingerprint density at radius 2 is 2.16 bits per heavy atom. The van der Waals surface area contributed by atoms with Crippen molar-refractivity contribution in [1.29, 1.82) is 0 Å². The zero-order valence-electron chi connectivity index (χ0n) is 11.2. The van der Waals surface area contributed by atoms with E-state index in [0.29, 0.717) is 0 Å². The normalized spacial score (nSPS) is 11.3. The molecule has 0 fully saturated rings. The van der Waals surface area contributed by atoms with E-state index in [4.69, 9.17) is 0 Å². The molecule has 2 aromatic heterocycles. The lowest BCUT2D eigenvalue weighted by Gasteiger charge is -2.03. The highest BCUT2D eigenvalue weighted by molar-refractivity contribution is 7.12. The van der Waals surface area contributed by atoms with E-state index in [2.05, 4.69) is 46.1 Å². The number of rotatable bonds is 4. The first-order valence-electron chi connectivity index (χ1n) is 6.40. The first-order chi connectivity index (χ1) is 9.28. The van der Waals surface area contributed by atoms with E-state index >= 15 is 0 Å². The second-order valence-corrected chi connectivity index (χ2v) is 6.03. The van der Waals surface area contributed by atoms with E-state index in [1.807, 2.05) is 30.8 Å². The zero-order valence-corrected chi connectivity index (χ0v) is 12.0. The van der Waals surface area contributed by atoms with Crippen molar-refractivity contribution in [3.63, 3.8) is 0 Å². The molecule has 0 amide bonds. The van der Waals surface area contributed by atoms with Gasteiger partial charge >= 0.3 is 0 Å². The summed E-state index contributed by atoms with van der Waals surface area (Å²) in [6, 6.07) is 10.6. The summed E-state index contributed by atoms with van der Waals surface area (Å²) in [7, 11) is 1.98. The fourth-order valence-electron chi connectivity index (χ4n) is 2.33. The molecule has 0 aliphatic carbocycles. The lowest BCUT2D eigenvalue weighted by molar-refractivity contribution is 0.812. The summed E-state index contributed by atoms with van der Waals surface area (Å²) in [5.74, 6) is 0. The highest BCUT2D eigenvalue weighted by Crippen LogP contribution is 2.23. The summed E-state index contributed by atoms with van der Waals surface area (Å²) in [6.07, 6.45) is 1.93. The van der Waals surface area contributed by atoms with Crippen LogP contribution in [0.25, 0.3) is 11.0 Å². The summed E-state index contributed by atoms with van der Waals surface area (Å²) < 4.78 is 2.22. The van der Waals surface area contributed by atoms with Crippen molar-refractivity contribution in [2.75, 3.05) is 7.05 Å². The van der Waals surface area contributed by atoms with Gasteiger partial charge in [-0.2, -0.15) is 0 Å². The van der Waals surface area contributed by atoms with Crippen LogP contribution in [0.2, 0.25) is 0 Å². The topological polar surface area (TPSA) is 29.9 Å². The molecule has 0 unspecified atom stereocenters. The number of benzene rings is 1. The molecule has 1 N–H and O–H groups in total. The Bertz CT molecular complexity index is 696. The van der Waals surface area contributed by atoms with Crippen molar-refractivity contribution < 1.29 is 0 Å². The average molecular weight is 271 g/mol. The number of aryl methyl sites for hydroxylation is 1. The quantitative estimate of drug-likeness (QED) is 0.790. The SMILES string of the molecule is CNCc1cc(Cn2cnc3ccccc32)c(C)s1. The van der Waals surface area contributed by atoms with Crippen LogP contribution in [0, 0.1) is 6.92 Å². The molecule has 0 bridgehead atoms. The van der Waals surface area contributed by atoms with E-state index in [9.17, 15) is 0 Å². The van der Waals surface area contributed by atoms with Gasteiger partial charge in [-0.25, -0.2) is 4.98 Å². The van der Waals surface area contributed by atoms with Crippen LogP contribution < -0.4 is 5.32 Å². The second kappa shape index (κ2) is 5.15. The smallest absolute Gasteiger partial charge is 0.0961 e. The molecule has 4 heteroatoms. The molecule has 0 radical (unpaired) electrons. The summed E-state index contributed by atoms with van der Waals surface area (Å²) >= 11 is 1.87. The molecular formula is C15H17N3S. The first-order valence-corrected chi connectivity index (χ1v) is 7.22. The monoisotopic (exact) mass is 271 g/mol. The largest absolute Gasteiger partial charge is 0.326 e. The third-order valence-electron chi connectivity index (χ3n) is 3.29. The molecule has 0 saturated carbocycles. The third kappa shape index (κ3) is 2.41. The maximum atomic E-state index is 4.44. The molecule has 98 valence electrons. The predicted molar refractivity (Wildman–Crippen MR) is 80.7 cm³/mol. The van der Waals surface area contributed by atoms with Gasteiger partial charge in [-0.3, -0.25) is 0 Å². The minimum atomic E-state index is 0.895. The fraction of sp³-hybridized carbons (Fsp3) is 0.267. The summed E-state index contributed by atoms with van der Waals surface area (Å²) in [5, 5.41) is 3.20. The van der Waals surface area contributed by atoms with Crippen LogP contribution in [0.1, 0.15) is 15.3 Å². The predicted octanol–water partition coefficient (Wildman–Crippen LogP) is 3.17. The van der Waals surface area contributed by atoms with Gasteiger partial charge in [-0.15, -0.1) is 11.3 Å². The lowest BCUT2D eigenvalue weighted by atomic mass is 10.2. The summed E-state index contributed by atoms with van der Waals surface area (Å²) in [5.41, 5.74) is 3.65. The van der Waals surface area contributed by atoms with Crippen LogP contribution in [0.4, 0.5) is 0 Å². The molecule has 0 aliphatic rings. The zero-order chi connectivity index (χ0) is 13.2. The average Bonchev–Trinajstić information content (AvgIpc) is 2.96. The summed E-state index contributed by atoms with van der Waals surface area (Å²) in [4.78, 5) is 7.22. The number of fused-ring (bicyclic) bond motifs is 1. The van der Waals surface area contributed by atoms with Crippen LogP contribution in [-0.4, -0.2) is 16.6 Å². The number of hydrogen-bond acceptors (Lipinski definition) is 3. The Labute approximate surface area is 116 Å². The minimum Gasteiger partial charge on any atom is -0.326 e. The van der Waals surface area contributed by atoms with Crippen molar-refractivity contribution in [2.24, 2.45) is 0 Å². The molecule has 19 heavy (non-hydrogen) atoms. The van der Waals surface area contributed by atoms with Crippen molar-refractivity contribution in [3.8, 4) is 0 Å². The van der Waals surface area contributed by atoms with Crippen molar-refractivity contribution in [3.05, 3.63) is 52.0 Å². The van der Waals surface area contributed by atoms with Crippen molar-refractivity contribution >= 4 is 22.4 Å². The van der Waals surface area contributed by atoms with Gasteiger partial charge in [-0.1, -0.05) is 12.1 Å². The van der Waals surface area contributed by atoms with Gasteiger partial charge < -0.3 is 9.88 Å². The Balaban J connectivity index is 1.92.